The number of aryl methyl sites for hydroxylation is 1. The van der Waals surface area contributed by atoms with Crippen molar-refractivity contribution in [3.8, 4) is 11.8 Å². The Morgan fingerprint density at radius 1 is 1.40 bits per heavy atom. The number of carbonyl (C=O) groups excluding carboxylic acids is 2. The van der Waals surface area contributed by atoms with Gasteiger partial charge in [-0.25, -0.2) is 4.79 Å². The summed E-state index contributed by atoms with van der Waals surface area (Å²) in [5.41, 5.74) is 1.59. The first kappa shape index (κ1) is 23.7. The quantitative estimate of drug-likeness (QED) is 0.382. The SMILES string of the molecule is CCC#CC[C@H](C)[C@@H](O)C=C[C@H]1CCC(=O)N1CCCc1cccc(C(=O)OC)c1. The van der Waals surface area contributed by atoms with Gasteiger partial charge in [0, 0.05) is 25.8 Å². The Balaban J connectivity index is 1.88. The molecule has 162 valence electrons. The molecule has 0 aromatic heterocycles. The lowest BCUT2D eigenvalue weighted by atomic mass is 10.00. The zero-order chi connectivity index (χ0) is 21.9. The van der Waals surface area contributed by atoms with Gasteiger partial charge in [-0.2, -0.15) is 0 Å². The summed E-state index contributed by atoms with van der Waals surface area (Å²) >= 11 is 0. The van der Waals surface area contributed by atoms with E-state index < -0.39 is 6.10 Å². The van der Waals surface area contributed by atoms with Crippen molar-refractivity contribution in [2.45, 2.75) is 64.5 Å². The molecule has 0 unspecified atom stereocenters. The topological polar surface area (TPSA) is 66.8 Å². The number of rotatable bonds is 9. The Morgan fingerprint density at radius 3 is 2.93 bits per heavy atom. The lowest BCUT2D eigenvalue weighted by Crippen LogP contribution is -2.33. The maximum Gasteiger partial charge on any atom is 0.337 e. The molecule has 1 aliphatic heterocycles. The normalized spacial score (nSPS) is 18.2. The molecule has 0 radical (unpaired) electrons. The van der Waals surface area contributed by atoms with Crippen LogP contribution in [0.2, 0.25) is 0 Å². The van der Waals surface area contributed by atoms with E-state index in [0.29, 0.717) is 24.9 Å². The number of ether oxygens (including phenoxy) is 1. The molecule has 0 aliphatic carbocycles. The van der Waals surface area contributed by atoms with Gasteiger partial charge in [-0.1, -0.05) is 38.1 Å². The van der Waals surface area contributed by atoms with Crippen LogP contribution in [0, 0.1) is 17.8 Å². The van der Waals surface area contributed by atoms with Crippen LogP contribution in [0.25, 0.3) is 0 Å². The van der Waals surface area contributed by atoms with Gasteiger partial charge in [-0.05, 0) is 42.9 Å². The lowest BCUT2D eigenvalue weighted by Gasteiger charge is -2.23. The second-order valence-corrected chi connectivity index (χ2v) is 7.75. The van der Waals surface area contributed by atoms with Crippen molar-refractivity contribution in [1.82, 2.24) is 4.90 Å². The molecule has 0 bridgehead atoms. The maximum atomic E-state index is 12.3. The molecule has 3 atom stereocenters. The molecule has 5 heteroatoms. The molecule has 1 fully saturated rings. The molecule has 1 heterocycles. The van der Waals surface area contributed by atoms with Crippen LogP contribution in [0.4, 0.5) is 0 Å². The van der Waals surface area contributed by atoms with Crippen molar-refractivity contribution in [2.24, 2.45) is 5.92 Å². The third kappa shape index (κ3) is 7.03. The zero-order valence-electron chi connectivity index (χ0n) is 18.3. The van der Waals surface area contributed by atoms with Gasteiger partial charge < -0.3 is 14.7 Å². The fraction of sp³-hybridized carbons (Fsp3) is 0.520. The maximum absolute atomic E-state index is 12.3. The highest BCUT2D eigenvalue weighted by atomic mass is 16.5. The average Bonchev–Trinajstić information content (AvgIpc) is 3.11. The van der Waals surface area contributed by atoms with Crippen LogP contribution in [0.5, 0.6) is 0 Å². The highest BCUT2D eigenvalue weighted by Crippen LogP contribution is 2.22. The summed E-state index contributed by atoms with van der Waals surface area (Å²) in [6, 6.07) is 7.44. The highest BCUT2D eigenvalue weighted by molar-refractivity contribution is 5.89. The number of benzene rings is 1. The van der Waals surface area contributed by atoms with E-state index in [1.54, 1.807) is 6.07 Å². The average molecular weight is 412 g/mol. The summed E-state index contributed by atoms with van der Waals surface area (Å²) in [6.07, 6.45) is 7.63. The van der Waals surface area contributed by atoms with E-state index in [2.05, 4.69) is 11.8 Å². The van der Waals surface area contributed by atoms with Gasteiger partial charge in [0.05, 0.1) is 24.8 Å². The Hall–Kier alpha value is -2.58. The predicted molar refractivity (Wildman–Crippen MR) is 118 cm³/mol. The van der Waals surface area contributed by atoms with Gasteiger partial charge in [-0.3, -0.25) is 4.79 Å². The van der Waals surface area contributed by atoms with Gasteiger partial charge in [0.2, 0.25) is 5.91 Å². The molecule has 1 aromatic rings. The van der Waals surface area contributed by atoms with Gasteiger partial charge in [-0.15, -0.1) is 11.8 Å². The molecule has 1 saturated heterocycles. The minimum Gasteiger partial charge on any atom is -0.465 e. The molecule has 5 nitrogen and oxygen atoms in total. The minimum atomic E-state index is -0.560. The van der Waals surface area contributed by atoms with E-state index in [0.717, 1.165) is 31.2 Å². The molecule has 30 heavy (non-hydrogen) atoms. The first-order valence-corrected chi connectivity index (χ1v) is 10.7. The molecule has 1 aromatic carbocycles. The van der Waals surface area contributed by atoms with Crippen LogP contribution in [-0.4, -0.2) is 47.7 Å². The third-order valence-electron chi connectivity index (χ3n) is 5.43. The Morgan fingerprint density at radius 2 is 2.20 bits per heavy atom. The molecular weight excluding hydrogens is 378 g/mol. The minimum absolute atomic E-state index is 0.0301. The molecule has 0 spiro atoms. The number of hydrogen-bond acceptors (Lipinski definition) is 4. The zero-order valence-corrected chi connectivity index (χ0v) is 18.3. The van der Waals surface area contributed by atoms with Crippen molar-refractivity contribution in [3.05, 3.63) is 47.5 Å². The fourth-order valence-corrected chi connectivity index (χ4v) is 3.58. The fourth-order valence-electron chi connectivity index (χ4n) is 3.58. The van der Waals surface area contributed by atoms with Crippen LogP contribution < -0.4 is 0 Å². The number of likely N-dealkylation sites (tertiary alicyclic amines) is 1. The van der Waals surface area contributed by atoms with E-state index in [1.807, 2.05) is 49.1 Å². The van der Waals surface area contributed by atoms with Gasteiger partial charge >= 0.3 is 5.97 Å². The van der Waals surface area contributed by atoms with Gasteiger partial charge in [0.1, 0.15) is 0 Å². The smallest absolute Gasteiger partial charge is 0.337 e. The second-order valence-electron chi connectivity index (χ2n) is 7.75. The molecule has 0 saturated carbocycles. The van der Waals surface area contributed by atoms with Crippen molar-refractivity contribution < 1.29 is 19.4 Å². The van der Waals surface area contributed by atoms with E-state index in [9.17, 15) is 14.7 Å². The Bertz CT molecular complexity index is 805. The number of nitrogens with zero attached hydrogens (tertiary/aromatic N) is 1. The van der Waals surface area contributed by atoms with Crippen LogP contribution in [0.15, 0.2) is 36.4 Å². The lowest BCUT2D eigenvalue weighted by molar-refractivity contribution is -0.128. The van der Waals surface area contributed by atoms with Crippen molar-refractivity contribution in [1.29, 1.82) is 0 Å². The summed E-state index contributed by atoms with van der Waals surface area (Å²) in [5.74, 6) is 5.99. The molecule has 1 N–H and O–H groups in total. The number of amides is 1. The molecule has 1 amide bonds. The first-order chi connectivity index (χ1) is 14.5. The number of carbonyl (C=O) groups is 2. The number of esters is 1. The monoisotopic (exact) mass is 411 g/mol. The van der Waals surface area contributed by atoms with E-state index >= 15 is 0 Å². The molecule has 2 rings (SSSR count). The second kappa shape index (κ2) is 12.2. The van der Waals surface area contributed by atoms with E-state index in [1.165, 1.54) is 7.11 Å². The Kier molecular flexibility index (Phi) is 9.63. The molecular formula is C25H33NO4. The summed E-state index contributed by atoms with van der Waals surface area (Å²) in [4.78, 5) is 25.9. The van der Waals surface area contributed by atoms with Crippen LogP contribution in [-0.2, 0) is 16.0 Å². The summed E-state index contributed by atoms with van der Waals surface area (Å²) < 4.78 is 4.77. The predicted octanol–water partition coefficient (Wildman–Crippen LogP) is 3.75. The summed E-state index contributed by atoms with van der Waals surface area (Å²) in [7, 11) is 1.37. The van der Waals surface area contributed by atoms with Crippen molar-refractivity contribution in [2.75, 3.05) is 13.7 Å². The van der Waals surface area contributed by atoms with Gasteiger partial charge in [0.15, 0.2) is 0 Å². The summed E-state index contributed by atoms with van der Waals surface area (Å²) in [5, 5.41) is 10.3. The van der Waals surface area contributed by atoms with Crippen molar-refractivity contribution >= 4 is 11.9 Å². The Labute approximate surface area is 180 Å². The van der Waals surface area contributed by atoms with Crippen LogP contribution >= 0.6 is 0 Å². The van der Waals surface area contributed by atoms with Crippen LogP contribution in [0.3, 0.4) is 0 Å². The van der Waals surface area contributed by atoms with Crippen LogP contribution in [0.1, 0.15) is 61.9 Å². The standard InChI is InChI=1S/C25H33NO4/c1-4-5-6-9-19(2)23(27)15-13-22-14-16-24(28)26(22)17-8-11-20-10-7-12-21(18-20)25(29)30-3/h7,10,12-13,15,18-19,22-23,27H,4,8-9,11,14,16-17H2,1-3H3/t19-,22-,23-/m0/s1. The largest absolute Gasteiger partial charge is 0.465 e. The molecule has 1 aliphatic rings. The van der Waals surface area contributed by atoms with Gasteiger partial charge in [0.25, 0.3) is 0 Å². The number of hydrogen-bond donors (Lipinski definition) is 1. The van der Waals surface area contributed by atoms with Crippen molar-refractivity contribution in [3.63, 3.8) is 0 Å². The number of aliphatic hydroxyl groups is 1. The highest BCUT2D eigenvalue weighted by Gasteiger charge is 2.28. The number of aliphatic hydroxyl groups excluding tert-OH is 1. The first-order valence-electron chi connectivity index (χ1n) is 10.7. The summed E-state index contributed by atoms with van der Waals surface area (Å²) in [6.45, 7) is 4.65. The van der Waals surface area contributed by atoms with E-state index in [4.69, 9.17) is 4.74 Å². The third-order valence-corrected chi connectivity index (χ3v) is 5.43. The van der Waals surface area contributed by atoms with E-state index in [-0.39, 0.29) is 23.8 Å². The number of methoxy groups -OCH3 is 1.